The topological polar surface area (TPSA) is 179 Å². The van der Waals surface area contributed by atoms with Crippen LogP contribution < -0.4 is 16.0 Å². The van der Waals surface area contributed by atoms with E-state index in [1.54, 1.807) is 0 Å². The van der Waals surface area contributed by atoms with Gasteiger partial charge in [-0.05, 0) is 51.9 Å². The molecular formula is C28H49N3O8. The second-order valence-electron chi connectivity index (χ2n) is 10.1. The Labute approximate surface area is 232 Å². The minimum absolute atomic E-state index is 0.0675. The maximum Gasteiger partial charge on any atom is 0.326 e. The first-order valence-electron chi connectivity index (χ1n) is 14.4. The average Bonchev–Trinajstić information content (AvgIpc) is 2.87. The van der Waals surface area contributed by atoms with Gasteiger partial charge in [0.1, 0.15) is 11.8 Å². The highest BCUT2D eigenvalue weighted by Gasteiger charge is 2.23. The maximum absolute atomic E-state index is 12.1. The van der Waals surface area contributed by atoms with Gasteiger partial charge in [0.25, 0.3) is 0 Å². The first-order valence-corrected chi connectivity index (χ1v) is 14.4. The van der Waals surface area contributed by atoms with Crippen LogP contribution in [-0.2, 0) is 24.0 Å². The molecule has 0 aliphatic heterocycles. The maximum atomic E-state index is 12.1. The van der Waals surface area contributed by atoms with Gasteiger partial charge in [0.15, 0.2) is 5.78 Å². The number of hydrogen-bond donors (Lipinski definition) is 5. The number of hydrogen-bond acceptors (Lipinski definition) is 6. The number of carboxylic acids is 2. The van der Waals surface area contributed by atoms with Crippen molar-refractivity contribution in [3.05, 3.63) is 0 Å². The fraction of sp³-hybridized carbons (Fsp3) is 0.786. The zero-order chi connectivity index (χ0) is 29.5. The summed E-state index contributed by atoms with van der Waals surface area (Å²) in [5.74, 6) is -2.49. The quantitative estimate of drug-likeness (QED) is 0.104. The number of nitrogens with one attached hydrogen (secondary N) is 3. The predicted molar refractivity (Wildman–Crippen MR) is 147 cm³/mol. The highest BCUT2D eigenvalue weighted by atomic mass is 16.4. The number of carbonyl (C=O) groups excluding carboxylic acids is 4. The van der Waals surface area contributed by atoms with Crippen molar-refractivity contribution in [1.29, 1.82) is 0 Å². The Morgan fingerprint density at radius 1 is 0.641 bits per heavy atom. The molecule has 5 N–H and O–H groups in total. The highest BCUT2D eigenvalue weighted by Crippen LogP contribution is 2.10. The summed E-state index contributed by atoms with van der Waals surface area (Å²) in [6, 6.07) is -3.05. The summed E-state index contributed by atoms with van der Waals surface area (Å²) >= 11 is 0. The van der Waals surface area contributed by atoms with Crippen LogP contribution in [0.15, 0.2) is 0 Å². The third-order valence-corrected chi connectivity index (χ3v) is 6.46. The molecule has 11 nitrogen and oxygen atoms in total. The number of aliphatic carboxylic acids is 2. The van der Waals surface area contributed by atoms with E-state index in [0.29, 0.717) is 44.4 Å². The van der Waals surface area contributed by atoms with Crippen LogP contribution in [0.3, 0.4) is 0 Å². The number of carboxylic acid groups (broad SMARTS) is 2. The summed E-state index contributed by atoms with van der Waals surface area (Å²) in [4.78, 5) is 69.8. The zero-order valence-corrected chi connectivity index (χ0v) is 23.7. The van der Waals surface area contributed by atoms with Gasteiger partial charge in [0, 0.05) is 32.2 Å². The summed E-state index contributed by atoms with van der Waals surface area (Å²) in [5.41, 5.74) is 0. The van der Waals surface area contributed by atoms with Gasteiger partial charge in [-0.3, -0.25) is 19.2 Å². The Morgan fingerprint density at radius 3 is 1.74 bits per heavy atom. The molecule has 2 unspecified atom stereocenters. The summed E-state index contributed by atoms with van der Waals surface area (Å²) in [6.45, 7) is 3.78. The molecular weight excluding hydrogens is 506 g/mol. The van der Waals surface area contributed by atoms with E-state index < -0.39 is 35.8 Å². The molecule has 0 heterocycles. The monoisotopic (exact) mass is 555 g/mol. The second kappa shape index (κ2) is 23.0. The minimum Gasteiger partial charge on any atom is -0.481 e. The SMILES string of the molecule is CCCCCCCC(=O)CCCCCCC(=O)NCCCCC(NC(=O)NC(CCC(=O)O)C(C)=O)C(=O)O. The summed E-state index contributed by atoms with van der Waals surface area (Å²) in [7, 11) is 0. The molecule has 2 atom stereocenters. The molecule has 0 fully saturated rings. The lowest BCUT2D eigenvalue weighted by molar-refractivity contribution is -0.139. The van der Waals surface area contributed by atoms with Gasteiger partial charge >= 0.3 is 18.0 Å². The third-order valence-electron chi connectivity index (χ3n) is 6.46. The summed E-state index contributed by atoms with van der Waals surface area (Å²) in [5, 5.41) is 25.5. The smallest absolute Gasteiger partial charge is 0.326 e. The molecule has 0 bridgehead atoms. The van der Waals surface area contributed by atoms with E-state index in [-0.39, 0.29) is 25.2 Å². The Bertz CT molecular complexity index is 772. The number of amides is 3. The number of ketones is 2. The molecule has 0 saturated carbocycles. The Balaban J connectivity index is 3.97. The van der Waals surface area contributed by atoms with E-state index in [4.69, 9.17) is 5.11 Å². The molecule has 39 heavy (non-hydrogen) atoms. The molecule has 224 valence electrons. The number of unbranched alkanes of at least 4 members (excludes halogenated alkanes) is 8. The number of urea groups is 1. The van der Waals surface area contributed by atoms with E-state index in [9.17, 15) is 33.9 Å². The molecule has 0 aliphatic carbocycles. The largest absolute Gasteiger partial charge is 0.481 e. The van der Waals surface area contributed by atoms with E-state index in [2.05, 4.69) is 22.9 Å². The van der Waals surface area contributed by atoms with Crippen molar-refractivity contribution in [2.24, 2.45) is 0 Å². The first-order chi connectivity index (χ1) is 18.6. The van der Waals surface area contributed by atoms with Crippen molar-refractivity contribution in [3.63, 3.8) is 0 Å². The molecule has 0 aromatic rings. The van der Waals surface area contributed by atoms with Crippen molar-refractivity contribution >= 4 is 35.4 Å². The minimum atomic E-state index is -1.23. The molecule has 11 heteroatoms. The second-order valence-corrected chi connectivity index (χ2v) is 10.1. The fourth-order valence-electron chi connectivity index (χ4n) is 4.06. The lowest BCUT2D eigenvalue weighted by Crippen LogP contribution is -2.50. The van der Waals surface area contributed by atoms with Crippen LogP contribution in [0, 0.1) is 0 Å². The van der Waals surface area contributed by atoms with Gasteiger partial charge in [0.05, 0.1) is 6.04 Å². The lowest BCUT2D eigenvalue weighted by atomic mass is 10.0. The lowest BCUT2D eigenvalue weighted by Gasteiger charge is -2.19. The Morgan fingerprint density at radius 2 is 1.21 bits per heavy atom. The predicted octanol–water partition coefficient (Wildman–Crippen LogP) is 4.12. The molecule has 0 aliphatic rings. The third kappa shape index (κ3) is 21.6. The number of carbonyl (C=O) groups is 6. The summed E-state index contributed by atoms with van der Waals surface area (Å²) < 4.78 is 0. The van der Waals surface area contributed by atoms with E-state index >= 15 is 0 Å². The van der Waals surface area contributed by atoms with Crippen LogP contribution >= 0.6 is 0 Å². The van der Waals surface area contributed by atoms with E-state index in [0.717, 1.165) is 38.5 Å². The Hall–Kier alpha value is -2.98. The molecule has 0 radical (unpaired) electrons. The van der Waals surface area contributed by atoms with Gasteiger partial charge in [-0.25, -0.2) is 9.59 Å². The normalized spacial score (nSPS) is 12.3. The van der Waals surface area contributed by atoms with Crippen LogP contribution in [0.5, 0.6) is 0 Å². The van der Waals surface area contributed by atoms with Crippen molar-refractivity contribution < 1.29 is 39.0 Å². The Kier molecular flexibility index (Phi) is 21.2. The van der Waals surface area contributed by atoms with Gasteiger partial charge in [-0.15, -0.1) is 0 Å². The van der Waals surface area contributed by atoms with Crippen molar-refractivity contribution in [1.82, 2.24) is 16.0 Å². The average molecular weight is 556 g/mol. The standard InChI is InChI=1S/C28H49N3O8/c1-3-4-5-6-9-14-22(33)15-10-7-8-11-17-25(34)29-20-13-12-16-24(27(37)38)31-28(39)30-23(21(2)32)18-19-26(35)36/h23-24H,3-20H2,1-2H3,(H,29,34)(H,35,36)(H,37,38)(H2,30,31,39). The van der Waals surface area contributed by atoms with Crippen LogP contribution in [0.1, 0.15) is 123 Å². The molecule has 0 aromatic carbocycles. The molecule has 0 spiro atoms. The van der Waals surface area contributed by atoms with E-state index in [1.807, 2.05) is 0 Å². The van der Waals surface area contributed by atoms with Gasteiger partial charge in [-0.2, -0.15) is 0 Å². The van der Waals surface area contributed by atoms with Crippen LogP contribution in [-0.4, -0.2) is 64.3 Å². The van der Waals surface area contributed by atoms with Crippen LogP contribution in [0.4, 0.5) is 4.79 Å². The van der Waals surface area contributed by atoms with Crippen molar-refractivity contribution in [2.75, 3.05) is 6.54 Å². The van der Waals surface area contributed by atoms with E-state index in [1.165, 1.54) is 26.2 Å². The van der Waals surface area contributed by atoms with Gasteiger partial charge < -0.3 is 26.2 Å². The zero-order valence-electron chi connectivity index (χ0n) is 23.7. The number of Topliss-reactive ketones (excluding diaryl/α,β-unsaturated/α-hetero) is 2. The van der Waals surface area contributed by atoms with Crippen LogP contribution in [0.2, 0.25) is 0 Å². The van der Waals surface area contributed by atoms with Crippen LogP contribution in [0.25, 0.3) is 0 Å². The molecule has 3 amide bonds. The highest BCUT2D eigenvalue weighted by molar-refractivity contribution is 5.89. The first kappa shape index (κ1) is 36.0. The van der Waals surface area contributed by atoms with Gasteiger partial charge in [0.2, 0.25) is 5.91 Å². The summed E-state index contributed by atoms with van der Waals surface area (Å²) in [6.07, 6.45) is 11.6. The van der Waals surface area contributed by atoms with Gasteiger partial charge in [-0.1, -0.05) is 45.4 Å². The van der Waals surface area contributed by atoms with Crippen molar-refractivity contribution in [3.8, 4) is 0 Å². The number of rotatable bonds is 25. The molecule has 0 saturated heterocycles. The molecule has 0 aromatic heterocycles. The fourth-order valence-corrected chi connectivity index (χ4v) is 4.06. The van der Waals surface area contributed by atoms with Crippen molar-refractivity contribution in [2.45, 2.75) is 135 Å². The molecule has 0 rings (SSSR count).